The molecule has 0 aromatic heterocycles. The van der Waals surface area contributed by atoms with Gasteiger partial charge in [-0.1, -0.05) is 69.7 Å². The normalized spacial score (nSPS) is 45.4. The molecule has 0 bridgehead atoms. The molecule has 0 aromatic rings. The van der Waals surface area contributed by atoms with E-state index < -0.39 is 0 Å². The zero-order chi connectivity index (χ0) is 17.8. The van der Waals surface area contributed by atoms with E-state index in [-0.39, 0.29) is 0 Å². The van der Waals surface area contributed by atoms with E-state index in [0.717, 1.165) is 23.7 Å². The van der Waals surface area contributed by atoms with Gasteiger partial charge in [-0.15, -0.1) is 0 Å². The first-order valence-electron chi connectivity index (χ1n) is 10.7. The van der Waals surface area contributed by atoms with Gasteiger partial charge in [0.25, 0.3) is 0 Å². The van der Waals surface area contributed by atoms with Crippen LogP contribution in [0.15, 0.2) is 48.1 Å². The lowest BCUT2D eigenvalue weighted by atomic mass is 9.47. The predicted octanol–water partition coefficient (Wildman–Crippen LogP) is 7.25. The Morgan fingerprint density at radius 3 is 2.72 bits per heavy atom. The van der Waals surface area contributed by atoms with Gasteiger partial charge in [-0.05, 0) is 79.6 Å². The van der Waals surface area contributed by atoms with E-state index in [4.69, 9.17) is 0 Å². The summed E-state index contributed by atoms with van der Waals surface area (Å²) in [6.45, 7) is 16.1. The number of fused-ring (bicyclic) bond motifs is 5. The first-order chi connectivity index (χ1) is 11.9. The molecular formula is C25H36. The molecule has 0 heterocycles. The average Bonchev–Trinajstić information content (AvgIpc) is 2.93. The second-order valence-electron chi connectivity index (χ2n) is 9.86. The van der Waals surface area contributed by atoms with E-state index in [1.807, 2.05) is 0 Å². The van der Waals surface area contributed by atoms with E-state index in [2.05, 4.69) is 52.2 Å². The third kappa shape index (κ3) is 2.47. The van der Waals surface area contributed by atoms with Crippen LogP contribution in [0.3, 0.4) is 0 Å². The van der Waals surface area contributed by atoms with Crippen molar-refractivity contribution in [3.63, 3.8) is 0 Å². The van der Waals surface area contributed by atoms with Crippen LogP contribution in [0.1, 0.15) is 72.1 Å². The maximum absolute atomic E-state index is 4.52. The predicted molar refractivity (Wildman–Crippen MR) is 108 cm³/mol. The van der Waals surface area contributed by atoms with Crippen molar-refractivity contribution in [2.24, 2.45) is 34.5 Å². The van der Waals surface area contributed by atoms with E-state index in [1.165, 1.54) is 56.9 Å². The number of rotatable bonds is 3. The van der Waals surface area contributed by atoms with Crippen LogP contribution in [0.25, 0.3) is 0 Å². The first kappa shape index (κ1) is 17.4. The number of allylic oxidation sites excluding steroid dienone is 6. The molecule has 0 aliphatic heterocycles. The lowest BCUT2D eigenvalue weighted by Gasteiger charge is -2.57. The molecule has 0 nitrogen and oxygen atoms in total. The second-order valence-corrected chi connectivity index (χ2v) is 9.86. The van der Waals surface area contributed by atoms with E-state index >= 15 is 0 Å². The highest BCUT2D eigenvalue weighted by molar-refractivity contribution is 5.43. The Morgan fingerprint density at radius 1 is 1.16 bits per heavy atom. The van der Waals surface area contributed by atoms with Crippen molar-refractivity contribution in [3.8, 4) is 0 Å². The number of hydrogen-bond acceptors (Lipinski definition) is 0. The largest absolute Gasteiger partial charge is 0.0996 e. The van der Waals surface area contributed by atoms with Gasteiger partial charge in [-0.25, -0.2) is 0 Å². The van der Waals surface area contributed by atoms with Crippen LogP contribution < -0.4 is 0 Å². The minimum Gasteiger partial charge on any atom is -0.0996 e. The molecule has 0 aromatic carbocycles. The lowest BCUT2D eigenvalue weighted by Crippen LogP contribution is -2.49. The fourth-order valence-electron chi connectivity index (χ4n) is 7.44. The van der Waals surface area contributed by atoms with E-state index in [1.54, 1.807) is 11.1 Å². The highest BCUT2D eigenvalue weighted by Crippen LogP contribution is 2.67. The van der Waals surface area contributed by atoms with Crippen LogP contribution in [0.5, 0.6) is 0 Å². The van der Waals surface area contributed by atoms with Gasteiger partial charge in [-0.3, -0.25) is 0 Å². The van der Waals surface area contributed by atoms with E-state index in [0.29, 0.717) is 10.8 Å². The molecule has 0 saturated heterocycles. The zero-order valence-corrected chi connectivity index (χ0v) is 16.6. The molecular weight excluding hydrogens is 300 g/mol. The highest BCUT2D eigenvalue weighted by atomic mass is 14.6. The van der Waals surface area contributed by atoms with Gasteiger partial charge in [-0.2, -0.15) is 0 Å². The van der Waals surface area contributed by atoms with Crippen molar-refractivity contribution in [3.05, 3.63) is 48.1 Å². The van der Waals surface area contributed by atoms with Crippen molar-refractivity contribution in [2.45, 2.75) is 72.1 Å². The highest BCUT2D eigenvalue weighted by Gasteiger charge is 2.58. The first-order valence-corrected chi connectivity index (χ1v) is 10.7. The molecule has 0 N–H and O–H groups in total. The van der Waals surface area contributed by atoms with Gasteiger partial charge < -0.3 is 0 Å². The molecule has 4 aliphatic carbocycles. The Morgan fingerprint density at radius 2 is 1.96 bits per heavy atom. The van der Waals surface area contributed by atoms with E-state index in [9.17, 15) is 0 Å². The van der Waals surface area contributed by atoms with Crippen molar-refractivity contribution >= 4 is 0 Å². The van der Waals surface area contributed by atoms with Gasteiger partial charge >= 0.3 is 0 Å². The molecule has 0 spiro atoms. The molecule has 136 valence electrons. The summed E-state index contributed by atoms with van der Waals surface area (Å²) < 4.78 is 0. The Kier molecular flexibility index (Phi) is 4.17. The third-order valence-electron chi connectivity index (χ3n) is 8.71. The van der Waals surface area contributed by atoms with Crippen LogP contribution in [0, 0.1) is 34.5 Å². The van der Waals surface area contributed by atoms with Crippen LogP contribution in [0.2, 0.25) is 0 Å². The van der Waals surface area contributed by atoms with Crippen LogP contribution in [0.4, 0.5) is 0 Å². The monoisotopic (exact) mass is 336 g/mol. The fourth-order valence-corrected chi connectivity index (χ4v) is 7.44. The Balaban J connectivity index is 1.62. The SMILES string of the molecule is C=C1C=CC2(C)C(=C1)CCC1C2CCC2(C)C(C(=C)CCC)CCC12. The number of hydrogen-bond donors (Lipinski definition) is 0. The molecule has 3 fully saturated rings. The van der Waals surface area contributed by atoms with Crippen LogP contribution >= 0.6 is 0 Å². The van der Waals surface area contributed by atoms with Crippen LogP contribution in [-0.2, 0) is 0 Å². The quantitative estimate of drug-likeness (QED) is 0.476. The molecule has 0 radical (unpaired) electrons. The minimum absolute atomic E-state index is 0.296. The summed E-state index contributed by atoms with van der Waals surface area (Å²) >= 11 is 0. The molecule has 4 rings (SSSR count). The van der Waals surface area contributed by atoms with Crippen molar-refractivity contribution in [2.75, 3.05) is 0 Å². The molecule has 6 atom stereocenters. The summed E-state index contributed by atoms with van der Waals surface area (Å²) in [6, 6.07) is 0. The molecule has 25 heavy (non-hydrogen) atoms. The van der Waals surface area contributed by atoms with Crippen molar-refractivity contribution < 1.29 is 0 Å². The third-order valence-corrected chi connectivity index (χ3v) is 8.71. The molecule has 4 aliphatic rings. The molecule has 3 saturated carbocycles. The van der Waals surface area contributed by atoms with Gasteiger partial charge in [0.05, 0.1) is 0 Å². The summed E-state index contributed by atoms with van der Waals surface area (Å²) in [7, 11) is 0. The summed E-state index contributed by atoms with van der Waals surface area (Å²) in [6.07, 6.45) is 18.0. The minimum atomic E-state index is 0.296. The van der Waals surface area contributed by atoms with Gasteiger partial charge in [0, 0.05) is 5.41 Å². The standard InChI is InChI=1S/C25H36/c1-6-7-18(3)21-10-11-22-20-9-8-19-16-17(2)12-14-24(19,4)23(20)13-15-25(21,22)5/h12,14,16,20-23H,2-3,6-11,13,15H2,1,4-5H3. The van der Waals surface area contributed by atoms with Gasteiger partial charge in [0.15, 0.2) is 0 Å². The molecule has 0 heteroatoms. The topological polar surface area (TPSA) is 0 Å². The van der Waals surface area contributed by atoms with Gasteiger partial charge in [0.2, 0.25) is 0 Å². The molecule has 0 amide bonds. The second kappa shape index (κ2) is 6.00. The lowest BCUT2D eigenvalue weighted by molar-refractivity contribution is -0.0281. The summed E-state index contributed by atoms with van der Waals surface area (Å²) in [5.74, 6) is 3.45. The Hall–Kier alpha value is -1.04. The van der Waals surface area contributed by atoms with Crippen LogP contribution in [-0.4, -0.2) is 0 Å². The molecule has 6 unspecified atom stereocenters. The Labute approximate surface area is 155 Å². The maximum atomic E-state index is 4.52. The van der Waals surface area contributed by atoms with Crippen molar-refractivity contribution in [1.82, 2.24) is 0 Å². The maximum Gasteiger partial charge on any atom is 0.0100 e. The summed E-state index contributed by atoms with van der Waals surface area (Å²) in [5.41, 5.74) is 5.23. The Bertz CT molecular complexity index is 647. The summed E-state index contributed by atoms with van der Waals surface area (Å²) in [4.78, 5) is 0. The fraction of sp³-hybridized carbons (Fsp3) is 0.680. The average molecular weight is 337 g/mol. The summed E-state index contributed by atoms with van der Waals surface area (Å²) in [5, 5.41) is 0. The zero-order valence-electron chi connectivity index (χ0n) is 16.6. The smallest absolute Gasteiger partial charge is 0.0100 e. The van der Waals surface area contributed by atoms with Gasteiger partial charge in [0.1, 0.15) is 0 Å². The van der Waals surface area contributed by atoms with Crippen molar-refractivity contribution in [1.29, 1.82) is 0 Å².